The van der Waals surface area contributed by atoms with Crippen LogP contribution >= 0.6 is 0 Å². The van der Waals surface area contributed by atoms with Crippen molar-refractivity contribution >= 4 is 15.4 Å². The zero-order valence-corrected chi connectivity index (χ0v) is 29.9. The van der Waals surface area contributed by atoms with Crippen molar-refractivity contribution in [2.75, 3.05) is 0 Å². The molecule has 2 aromatic rings. The molecule has 0 heterocycles. The Morgan fingerprint density at radius 1 is 0.875 bits per heavy atom. The molecule has 0 nitrogen and oxygen atoms in total. The van der Waals surface area contributed by atoms with E-state index in [2.05, 4.69) is 124 Å². The maximum Gasteiger partial charge on any atom is -1.00 e. The van der Waals surface area contributed by atoms with Gasteiger partial charge in [-0.1, -0.05) is 0 Å². The van der Waals surface area contributed by atoms with E-state index in [1.807, 2.05) is 0 Å². The molecule has 40 heavy (non-hydrogen) atoms. The van der Waals surface area contributed by atoms with Gasteiger partial charge in [-0.3, -0.25) is 0 Å². The van der Waals surface area contributed by atoms with Crippen LogP contribution in [0.5, 0.6) is 0 Å². The normalized spacial score (nSPS) is 20.1. The molecular formula is C37H44Cl2Zr. The molecule has 0 amide bonds. The van der Waals surface area contributed by atoms with Gasteiger partial charge in [0.15, 0.2) is 0 Å². The van der Waals surface area contributed by atoms with Gasteiger partial charge in [0.1, 0.15) is 0 Å². The minimum atomic E-state index is -2.21. The Hall–Kier alpha value is -1.27. The standard InChI is InChI=1S/C23H21.C11H17.C3H6.2ClH.Zr/c1-22(2)7-5-14-10-18-16(12-20(14)22)9-17-13-21-15(11-19(17)18)6-8-23(21,3)4;1-5-9-6-7-10(8-9)11(2,3)4;1-3-2;;;/h5-7,10-13H,9H2,1-4H3;7-9H,5H2,1-4H3;1-2H3;2*1H;/q;;;;;+2/p-2. The number of halogens is 2. The van der Waals surface area contributed by atoms with Crippen molar-refractivity contribution in [2.24, 2.45) is 11.3 Å². The summed E-state index contributed by atoms with van der Waals surface area (Å²) < 4.78 is 5.27. The summed E-state index contributed by atoms with van der Waals surface area (Å²) in [6, 6.07) is 10.1. The van der Waals surface area contributed by atoms with Crippen molar-refractivity contribution in [1.82, 2.24) is 0 Å². The molecule has 0 aromatic heterocycles. The van der Waals surface area contributed by atoms with Gasteiger partial charge in [-0.15, -0.1) is 0 Å². The molecule has 4 aliphatic carbocycles. The van der Waals surface area contributed by atoms with Crippen molar-refractivity contribution in [3.63, 3.8) is 0 Å². The average Bonchev–Trinajstić information content (AvgIpc) is 3.54. The fraction of sp³-hybridized carbons (Fsp3) is 0.432. The molecule has 0 fully saturated rings. The Bertz CT molecular complexity index is 1560. The number of benzene rings is 2. The molecule has 0 N–H and O–H groups in total. The topological polar surface area (TPSA) is 0 Å². The van der Waals surface area contributed by atoms with E-state index in [1.165, 1.54) is 45.4 Å². The summed E-state index contributed by atoms with van der Waals surface area (Å²) in [5, 5.41) is 0. The molecule has 0 saturated heterocycles. The van der Waals surface area contributed by atoms with Crippen LogP contribution < -0.4 is 24.8 Å². The van der Waals surface area contributed by atoms with Crippen LogP contribution in [0.2, 0.25) is 0 Å². The van der Waals surface area contributed by atoms with Crippen molar-refractivity contribution in [3.8, 4) is 11.1 Å². The number of fused-ring (bicyclic) bond motifs is 5. The van der Waals surface area contributed by atoms with Crippen molar-refractivity contribution in [2.45, 2.75) is 92.9 Å². The van der Waals surface area contributed by atoms with Gasteiger partial charge in [-0.05, 0) is 0 Å². The first-order chi connectivity index (χ1) is 17.7. The molecule has 3 heteroatoms. The van der Waals surface area contributed by atoms with Crippen LogP contribution in [0.15, 0.2) is 54.6 Å². The second-order valence-corrected chi connectivity index (χ2v) is 21.5. The molecule has 210 valence electrons. The fourth-order valence-electron chi connectivity index (χ4n) is 7.34. The van der Waals surface area contributed by atoms with Gasteiger partial charge in [-0.2, -0.15) is 0 Å². The van der Waals surface area contributed by atoms with Crippen molar-refractivity contribution in [1.29, 1.82) is 0 Å². The first kappa shape index (κ1) is 31.7. The van der Waals surface area contributed by atoms with Gasteiger partial charge in [0.05, 0.1) is 0 Å². The third kappa shape index (κ3) is 4.81. The van der Waals surface area contributed by atoms with E-state index in [-0.39, 0.29) is 41.1 Å². The van der Waals surface area contributed by atoms with Gasteiger partial charge in [0, 0.05) is 0 Å². The second kappa shape index (κ2) is 10.5. The van der Waals surface area contributed by atoms with Gasteiger partial charge >= 0.3 is 240 Å². The maximum atomic E-state index is 2.65. The van der Waals surface area contributed by atoms with Gasteiger partial charge in [0.2, 0.25) is 0 Å². The maximum absolute atomic E-state index is 2.65. The van der Waals surface area contributed by atoms with E-state index >= 15 is 0 Å². The molecule has 1 unspecified atom stereocenters. The number of allylic oxidation sites excluding steroid dienone is 6. The molecule has 0 saturated carbocycles. The molecule has 1 atom stereocenters. The Morgan fingerprint density at radius 3 is 2.05 bits per heavy atom. The van der Waals surface area contributed by atoms with Gasteiger partial charge in [0.25, 0.3) is 0 Å². The third-order valence-electron chi connectivity index (χ3n) is 9.70. The van der Waals surface area contributed by atoms with E-state index in [1.54, 1.807) is 20.9 Å². The van der Waals surface area contributed by atoms with Crippen LogP contribution in [0.25, 0.3) is 23.3 Å². The monoisotopic (exact) mass is 648 g/mol. The second-order valence-electron chi connectivity index (χ2n) is 14.5. The third-order valence-corrected chi connectivity index (χ3v) is 18.1. The minimum Gasteiger partial charge on any atom is -1.00 e. The van der Waals surface area contributed by atoms with E-state index in [4.69, 9.17) is 0 Å². The van der Waals surface area contributed by atoms with Gasteiger partial charge in [-0.25, -0.2) is 0 Å². The van der Waals surface area contributed by atoms with E-state index < -0.39 is 21.3 Å². The first-order valence-electron chi connectivity index (χ1n) is 14.6. The van der Waals surface area contributed by atoms with Crippen LogP contribution in [0, 0.1) is 11.3 Å². The summed E-state index contributed by atoms with van der Waals surface area (Å²) in [7, 11) is 0. The fourth-order valence-corrected chi connectivity index (χ4v) is 15.8. The molecule has 2 aromatic carbocycles. The number of hydrogen-bond donors (Lipinski definition) is 0. The molecule has 0 radical (unpaired) electrons. The van der Waals surface area contributed by atoms with Gasteiger partial charge < -0.3 is 24.8 Å². The van der Waals surface area contributed by atoms with Crippen LogP contribution in [-0.4, -0.2) is 3.21 Å². The summed E-state index contributed by atoms with van der Waals surface area (Å²) in [6.45, 7) is 24.1. The molecule has 4 aliphatic rings. The molecular weight excluding hydrogens is 607 g/mol. The zero-order valence-electron chi connectivity index (χ0n) is 25.9. The molecule has 6 rings (SSSR count). The Kier molecular flexibility index (Phi) is 8.29. The van der Waals surface area contributed by atoms with Crippen LogP contribution in [-0.2, 0) is 38.5 Å². The summed E-state index contributed by atoms with van der Waals surface area (Å²) >= 11 is -2.21. The zero-order chi connectivity index (χ0) is 27.4. The van der Waals surface area contributed by atoms with Crippen LogP contribution in [0.1, 0.15) is 109 Å². The molecule has 0 spiro atoms. The van der Waals surface area contributed by atoms with Crippen LogP contribution in [0.3, 0.4) is 0 Å². The Balaban J connectivity index is 0.00000185. The number of hydrogen-bond acceptors (Lipinski definition) is 0. The van der Waals surface area contributed by atoms with E-state index in [0.717, 1.165) is 6.42 Å². The predicted molar refractivity (Wildman–Crippen MR) is 164 cm³/mol. The van der Waals surface area contributed by atoms with Crippen molar-refractivity contribution in [3.05, 3.63) is 88.0 Å². The quantitative estimate of drug-likeness (QED) is 0.404. The van der Waals surface area contributed by atoms with Crippen LogP contribution in [0.4, 0.5) is 0 Å². The first-order valence-corrected chi connectivity index (χ1v) is 18.3. The summed E-state index contributed by atoms with van der Waals surface area (Å²) in [5.41, 5.74) is 13.9. The van der Waals surface area contributed by atoms with E-state index in [9.17, 15) is 0 Å². The summed E-state index contributed by atoms with van der Waals surface area (Å²) in [6.07, 6.45) is 14.9. The predicted octanol–water partition coefficient (Wildman–Crippen LogP) is 3.93. The Morgan fingerprint density at radius 2 is 1.48 bits per heavy atom. The largest absolute Gasteiger partial charge is 1.00 e. The minimum absolute atomic E-state index is 0. The molecule has 0 aliphatic heterocycles. The Labute approximate surface area is 263 Å². The number of rotatable bonds is 3. The molecule has 0 bridgehead atoms. The van der Waals surface area contributed by atoms with E-state index in [0.29, 0.717) is 5.92 Å². The summed E-state index contributed by atoms with van der Waals surface area (Å²) in [5.74, 6) is 0.616. The van der Waals surface area contributed by atoms with Crippen molar-refractivity contribution < 1.29 is 46.1 Å². The average molecular weight is 651 g/mol. The SMILES string of the molecule is CCC1C=C(C(C)(C)C)C=[C]1[Zr+2]([C]1=Cc2cc3c(cc2C1(C)C)Cc1cc2c(cc1-3)C=CC2(C)C)=[C](C)C.[Cl-].[Cl-]. The smallest absolute Gasteiger partial charge is 1.00 e. The summed E-state index contributed by atoms with van der Waals surface area (Å²) in [4.78, 5) is 0.